The first-order chi connectivity index (χ1) is 5.77. The van der Waals surface area contributed by atoms with Crippen molar-refractivity contribution in [2.45, 2.75) is 24.5 Å². The Balaban J connectivity index is 2.28. The predicted molar refractivity (Wildman–Crippen MR) is 39.6 cm³/mol. The van der Waals surface area contributed by atoms with Crippen LogP contribution in [0, 0.1) is 0 Å². The molecule has 2 rings (SSSR count). The van der Waals surface area contributed by atoms with Gasteiger partial charge in [-0.05, 0) is 12.2 Å². The minimum absolute atomic E-state index is 0.0228. The highest BCUT2D eigenvalue weighted by atomic mass is 17.1. The molecule has 4 heteroatoms. The lowest BCUT2D eigenvalue weighted by atomic mass is 9.87. The van der Waals surface area contributed by atoms with E-state index < -0.39 is 5.60 Å². The summed E-state index contributed by atoms with van der Waals surface area (Å²) in [4.78, 5) is 15.3. The van der Waals surface area contributed by atoms with Crippen molar-refractivity contribution in [2.24, 2.45) is 0 Å². The molecule has 1 saturated heterocycles. The van der Waals surface area contributed by atoms with E-state index in [9.17, 15) is 4.79 Å². The SMILES string of the molecule is O=C1C=C[C@@]2(OO)CCO[C@H]2C1. The summed E-state index contributed by atoms with van der Waals surface area (Å²) in [6, 6.07) is 0. The van der Waals surface area contributed by atoms with Gasteiger partial charge in [-0.25, -0.2) is 4.89 Å². The van der Waals surface area contributed by atoms with Crippen LogP contribution in [-0.4, -0.2) is 29.4 Å². The summed E-state index contributed by atoms with van der Waals surface area (Å²) in [5.74, 6) is 0.0228. The maximum Gasteiger partial charge on any atom is 0.158 e. The molecule has 0 saturated carbocycles. The zero-order valence-corrected chi connectivity index (χ0v) is 6.53. The van der Waals surface area contributed by atoms with Gasteiger partial charge in [-0.3, -0.25) is 10.1 Å². The molecule has 0 aromatic carbocycles. The van der Waals surface area contributed by atoms with E-state index >= 15 is 0 Å². The van der Waals surface area contributed by atoms with E-state index in [2.05, 4.69) is 4.89 Å². The quantitative estimate of drug-likeness (QED) is 0.460. The monoisotopic (exact) mass is 170 g/mol. The Bertz CT molecular complexity index is 235. The molecule has 0 aromatic rings. The van der Waals surface area contributed by atoms with E-state index in [0.717, 1.165) is 0 Å². The van der Waals surface area contributed by atoms with E-state index in [1.54, 1.807) is 6.08 Å². The Hall–Kier alpha value is -0.710. The molecule has 1 aliphatic heterocycles. The van der Waals surface area contributed by atoms with Crippen LogP contribution < -0.4 is 0 Å². The van der Waals surface area contributed by atoms with Gasteiger partial charge in [0.15, 0.2) is 11.4 Å². The number of allylic oxidation sites excluding steroid dienone is 1. The standard InChI is InChI=1S/C8H10O4/c9-6-1-2-8(12-10)3-4-11-7(8)5-6/h1-2,7,10H,3-5H2/t7-,8+/m0/s1. The third kappa shape index (κ3) is 0.998. The second-order valence-electron chi connectivity index (χ2n) is 3.16. The molecule has 1 N–H and O–H groups in total. The molecule has 0 bridgehead atoms. The van der Waals surface area contributed by atoms with E-state index in [-0.39, 0.29) is 11.9 Å². The molecule has 66 valence electrons. The van der Waals surface area contributed by atoms with Gasteiger partial charge in [-0.1, -0.05) is 0 Å². The van der Waals surface area contributed by atoms with Crippen LogP contribution in [0.25, 0.3) is 0 Å². The lowest BCUT2D eigenvalue weighted by molar-refractivity contribution is -0.317. The van der Waals surface area contributed by atoms with Crippen molar-refractivity contribution < 1.29 is 19.7 Å². The lowest BCUT2D eigenvalue weighted by Crippen LogP contribution is -2.42. The molecular formula is C8H10O4. The first-order valence-electron chi connectivity index (χ1n) is 3.93. The van der Waals surface area contributed by atoms with Crippen molar-refractivity contribution in [3.05, 3.63) is 12.2 Å². The minimum atomic E-state index is -0.756. The minimum Gasteiger partial charge on any atom is -0.374 e. The largest absolute Gasteiger partial charge is 0.374 e. The summed E-state index contributed by atoms with van der Waals surface area (Å²) < 4.78 is 5.26. The second kappa shape index (κ2) is 2.65. The van der Waals surface area contributed by atoms with E-state index in [1.807, 2.05) is 0 Å². The van der Waals surface area contributed by atoms with Crippen LogP contribution in [-0.2, 0) is 14.4 Å². The fraction of sp³-hybridized carbons (Fsp3) is 0.625. The zero-order valence-electron chi connectivity index (χ0n) is 6.53. The van der Waals surface area contributed by atoms with Gasteiger partial charge >= 0.3 is 0 Å². The molecule has 0 spiro atoms. The fourth-order valence-corrected chi connectivity index (χ4v) is 1.70. The summed E-state index contributed by atoms with van der Waals surface area (Å²) in [6.07, 6.45) is 3.65. The maximum absolute atomic E-state index is 11.0. The van der Waals surface area contributed by atoms with Crippen LogP contribution >= 0.6 is 0 Å². The Morgan fingerprint density at radius 1 is 1.75 bits per heavy atom. The van der Waals surface area contributed by atoms with E-state index in [1.165, 1.54) is 6.08 Å². The molecule has 0 aromatic heterocycles. The van der Waals surface area contributed by atoms with Crippen molar-refractivity contribution >= 4 is 5.78 Å². The summed E-state index contributed by atoms with van der Waals surface area (Å²) in [5.41, 5.74) is -0.756. The average molecular weight is 170 g/mol. The highest BCUT2D eigenvalue weighted by Gasteiger charge is 2.46. The first-order valence-corrected chi connectivity index (χ1v) is 3.93. The normalized spacial score (nSPS) is 40.1. The number of ketones is 1. The Kier molecular flexibility index (Phi) is 1.75. The van der Waals surface area contributed by atoms with Crippen LogP contribution in [0.1, 0.15) is 12.8 Å². The van der Waals surface area contributed by atoms with Gasteiger partial charge in [0.25, 0.3) is 0 Å². The Morgan fingerprint density at radius 2 is 2.58 bits per heavy atom. The molecular weight excluding hydrogens is 160 g/mol. The Morgan fingerprint density at radius 3 is 3.33 bits per heavy atom. The third-order valence-electron chi connectivity index (χ3n) is 2.46. The Labute approximate surface area is 69.7 Å². The number of hydrogen-bond donors (Lipinski definition) is 1. The highest BCUT2D eigenvalue weighted by molar-refractivity contribution is 5.91. The molecule has 0 amide bonds. The average Bonchev–Trinajstić information content (AvgIpc) is 2.48. The van der Waals surface area contributed by atoms with Crippen LogP contribution in [0.15, 0.2) is 12.2 Å². The number of carbonyl (C=O) groups is 1. The molecule has 0 radical (unpaired) electrons. The van der Waals surface area contributed by atoms with Crippen molar-refractivity contribution in [2.75, 3.05) is 6.61 Å². The van der Waals surface area contributed by atoms with E-state index in [4.69, 9.17) is 9.99 Å². The van der Waals surface area contributed by atoms with Gasteiger partial charge in [-0.2, -0.15) is 0 Å². The predicted octanol–water partition coefficient (Wildman–Crippen LogP) is 0.533. The molecule has 0 unspecified atom stereocenters. The van der Waals surface area contributed by atoms with Crippen LogP contribution in [0.3, 0.4) is 0 Å². The topological polar surface area (TPSA) is 55.8 Å². The number of rotatable bonds is 1. The molecule has 2 aliphatic rings. The molecule has 4 nitrogen and oxygen atoms in total. The molecule has 1 aliphatic carbocycles. The van der Waals surface area contributed by atoms with Crippen LogP contribution in [0.4, 0.5) is 0 Å². The van der Waals surface area contributed by atoms with Crippen LogP contribution in [0.2, 0.25) is 0 Å². The van der Waals surface area contributed by atoms with Gasteiger partial charge in [0.05, 0.1) is 6.61 Å². The van der Waals surface area contributed by atoms with Crippen molar-refractivity contribution in [1.82, 2.24) is 0 Å². The van der Waals surface area contributed by atoms with E-state index in [0.29, 0.717) is 19.4 Å². The van der Waals surface area contributed by atoms with Gasteiger partial charge in [0.1, 0.15) is 6.10 Å². The molecule has 12 heavy (non-hydrogen) atoms. The second-order valence-corrected chi connectivity index (χ2v) is 3.16. The first kappa shape index (κ1) is 7.91. The highest BCUT2D eigenvalue weighted by Crippen LogP contribution is 2.35. The third-order valence-corrected chi connectivity index (χ3v) is 2.46. The smallest absolute Gasteiger partial charge is 0.158 e. The fourth-order valence-electron chi connectivity index (χ4n) is 1.70. The van der Waals surface area contributed by atoms with Crippen molar-refractivity contribution in [1.29, 1.82) is 0 Å². The summed E-state index contributed by atoms with van der Waals surface area (Å²) in [6.45, 7) is 0.531. The number of hydrogen-bond acceptors (Lipinski definition) is 4. The van der Waals surface area contributed by atoms with Crippen LogP contribution in [0.5, 0.6) is 0 Å². The van der Waals surface area contributed by atoms with Gasteiger partial charge < -0.3 is 4.74 Å². The molecule has 1 heterocycles. The number of fused-ring (bicyclic) bond motifs is 1. The molecule has 1 fully saturated rings. The summed E-state index contributed by atoms with van der Waals surface area (Å²) >= 11 is 0. The molecule has 2 atom stereocenters. The maximum atomic E-state index is 11.0. The number of carbonyl (C=O) groups excluding carboxylic acids is 1. The van der Waals surface area contributed by atoms with Gasteiger partial charge in [0, 0.05) is 12.8 Å². The van der Waals surface area contributed by atoms with Crippen molar-refractivity contribution in [3.8, 4) is 0 Å². The lowest BCUT2D eigenvalue weighted by Gasteiger charge is -2.29. The van der Waals surface area contributed by atoms with Gasteiger partial charge in [-0.15, -0.1) is 0 Å². The summed E-state index contributed by atoms with van der Waals surface area (Å²) in [7, 11) is 0. The van der Waals surface area contributed by atoms with Crippen molar-refractivity contribution in [3.63, 3.8) is 0 Å². The summed E-state index contributed by atoms with van der Waals surface area (Å²) in [5, 5.41) is 8.70. The number of ether oxygens (including phenoxy) is 1. The zero-order chi connectivity index (χ0) is 8.60. The van der Waals surface area contributed by atoms with Gasteiger partial charge in [0.2, 0.25) is 0 Å².